The SMILES string of the molecule is Cn1ccnc1C1(O)CC2CCC(C1)N2CC(=O)Nc1ccc2c(c1)CCC2. The number of carbonyl (C=O) groups excluding carboxylic acids is 1. The number of nitrogens with one attached hydrogen (secondary N) is 1. The van der Waals surface area contributed by atoms with Crippen LogP contribution in [0.1, 0.15) is 49.1 Å². The van der Waals surface area contributed by atoms with E-state index in [1.807, 2.05) is 23.9 Å². The summed E-state index contributed by atoms with van der Waals surface area (Å²) in [7, 11) is 1.93. The summed E-state index contributed by atoms with van der Waals surface area (Å²) in [6, 6.07) is 6.75. The predicted molar refractivity (Wildman–Crippen MR) is 107 cm³/mol. The van der Waals surface area contributed by atoms with Gasteiger partial charge in [0, 0.05) is 37.2 Å². The predicted octanol–water partition coefficient (Wildman–Crippen LogP) is 2.36. The maximum absolute atomic E-state index is 12.7. The van der Waals surface area contributed by atoms with E-state index in [9.17, 15) is 9.90 Å². The Hall–Kier alpha value is -2.18. The molecule has 2 unspecified atom stereocenters. The maximum atomic E-state index is 12.7. The van der Waals surface area contributed by atoms with Crippen molar-refractivity contribution in [2.75, 3.05) is 11.9 Å². The molecule has 148 valence electrons. The molecule has 6 nitrogen and oxygen atoms in total. The Balaban J connectivity index is 1.26. The van der Waals surface area contributed by atoms with E-state index in [1.165, 1.54) is 17.5 Å². The molecule has 3 heterocycles. The first-order chi connectivity index (χ1) is 13.5. The molecule has 2 N–H and O–H groups in total. The summed E-state index contributed by atoms with van der Waals surface area (Å²) in [4.78, 5) is 19.4. The first-order valence-corrected chi connectivity index (χ1v) is 10.4. The molecule has 2 saturated heterocycles. The molecule has 1 aromatic heterocycles. The summed E-state index contributed by atoms with van der Waals surface area (Å²) >= 11 is 0. The lowest BCUT2D eigenvalue weighted by Crippen LogP contribution is -2.52. The highest BCUT2D eigenvalue weighted by molar-refractivity contribution is 5.92. The van der Waals surface area contributed by atoms with Gasteiger partial charge in [0.25, 0.3) is 0 Å². The maximum Gasteiger partial charge on any atom is 0.238 e. The van der Waals surface area contributed by atoms with Gasteiger partial charge in [0.05, 0.1) is 6.54 Å². The summed E-state index contributed by atoms with van der Waals surface area (Å²) in [6.45, 7) is 0.392. The minimum atomic E-state index is -0.892. The second-order valence-corrected chi connectivity index (χ2v) is 8.74. The van der Waals surface area contributed by atoms with Crippen LogP contribution in [-0.4, -0.2) is 44.1 Å². The van der Waals surface area contributed by atoms with E-state index < -0.39 is 5.60 Å². The van der Waals surface area contributed by atoms with Crippen LogP contribution in [0.5, 0.6) is 0 Å². The van der Waals surface area contributed by atoms with Crippen molar-refractivity contribution in [2.45, 2.75) is 62.6 Å². The Bertz CT molecular complexity index is 892. The number of piperidine rings is 1. The number of aromatic nitrogens is 2. The van der Waals surface area contributed by atoms with E-state index in [0.29, 0.717) is 19.4 Å². The van der Waals surface area contributed by atoms with Gasteiger partial charge in [0.1, 0.15) is 11.4 Å². The van der Waals surface area contributed by atoms with E-state index >= 15 is 0 Å². The lowest BCUT2D eigenvalue weighted by molar-refractivity contribution is -0.121. The molecule has 3 aliphatic rings. The number of fused-ring (bicyclic) bond motifs is 3. The van der Waals surface area contributed by atoms with E-state index in [-0.39, 0.29) is 18.0 Å². The van der Waals surface area contributed by atoms with Crippen LogP contribution in [0, 0.1) is 0 Å². The summed E-state index contributed by atoms with van der Waals surface area (Å²) in [5, 5.41) is 14.3. The van der Waals surface area contributed by atoms with Crippen LogP contribution in [0.4, 0.5) is 5.69 Å². The highest BCUT2D eigenvalue weighted by Crippen LogP contribution is 2.45. The lowest BCUT2D eigenvalue weighted by Gasteiger charge is -2.43. The van der Waals surface area contributed by atoms with Crippen molar-refractivity contribution in [3.63, 3.8) is 0 Å². The van der Waals surface area contributed by atoms with Crippen LogP contribution >= 0.6 is 0 Å². The molecule has 1 aromatic carbocycles. The Labute approximate surface area is 165 Å². The molecule has 1 amide bonds. The van der Waals surface area contributed by atoms with Crippen LogP contribution in [0.2, 0.25) is 0 Å². The molecule has 2 atom stereocenters. The fraction of sp³-hybridized carbons (Fsp3) is 0.545. The molecular weight excluding hydrogens is 352 g/mol. The number of aryl methyl sites for hydroxylation is 3. The summed E-state index contributed by atoms with van der Waals surface area (Å²) in [5.41, 5.74) is 2.80. The van der Waals surface area contributed by atoms with Crippen molar-refractivity contribution in [3.8, 4) is 0 Å². The van der Waals surface area contributed by atoms with Crippen LogP contribution in [-0.2, 0) is 30.3 Å². The average Bonchev–Trinajstić information content (AvgIpc) is 3.35. The van der Waals surface area contributed by atoms with Gasteiger partial charge in [-0.05, 0) is 68.2 Å². The van der Waals surface area contributed by atoms with Crippen LogP contribution in [0.15, 0.2) is 30.6 Å². The fourth-order valence-corrected chi connectivity index (χ4v) is 5.59. The zero-order chi connectivity index (χ0) is 19.3. The molecule has 28 heavy (non-hydrogen) atoms. The number of aliphatic hydroxyl groups is 1. The van der Waals surface area contributed by atoms with Crippen molar-refractivity contribution >= 4 is 11.6 Å². The van der Waals surface area contributed by atoms with E-state index in [2.05, 4.69) is 27.3 Å². The molecule has 1 aliphatic carbocycles. The van der Waals surface area contributed by atoms with E-state index in [4.69, 9.17) is 0 Å². The number of hydrogen-bond donors (Lipinski definition) is 2. The quantitative estimate of drug-likeness (QED) is 0.854. The first kappa shape index (κ1) is 17.9. The Kier molecular flexibility index (Phi) is 4.29. The molecule has 0 spiro atoms. The number of nitrogens with zero attached hydrogens (tertiary/aromatic N) is 3. The highest BCUT2D eigenvalue weighted by Gasteiger charge is 2.50. The zero-order valence-corrected chi connectivity index (χ0v) is 16.4. The second-order valence-electron chi connectivity index (χ2n) is 8.74. The van der Waals surface area contributed by atoms with Gasteiger partial charge in [-0.1, -0.05) is 6.07 Å². The first-order valence-electron chi connectivity index (χ1n) is 10.4. The molecule has 2 bridgehead atoms. The van der Waals surface area contributed by atoms with Gasteiger partial charge in [0.15, 0.2) is 0 Å². The summed E-state index contributed by atoms with van der Waals surface area (Å²) < 4.78 is 1.91. The van der Waals surface area contributed by atoms with Gasteiger partial charge >= 0.3 is 0 Å². The average molecular weight is 380 g/mol. The topological polar surface area (TPSA) is 70.4 Å². The van der Waals surface area contributed by atoms with Gasteiger partial charge in [0.2, 0.25) is 5.91 Å². The van der Waals surface area contributed by atoms with Gasteiger partial charge in [-0.3, -0.25) is 9.69 Å². The van der Waals surface area contributed by atoms with Crippen LogP contribution in [0.25, 0.3) is 0 Å². The van der Waals surface area contributed by atoms with Gasteiger partial charge < -0.3 is 15.0 Å². The van der Waals surface area contributed by atoms with Gasteiger partial charge in [-0.2, -0.15) is 0 Å². The Morgan fingerprint density at radius 2 is 2.00 bits per heavy atom. The monoisotopic (exact) mass is 380 g/mol. The standard InChI is InChI=1S/C22H28N4O2/c1-25-10-9-23-21(25)22(28)12-18-7-8-19(13-22)26(18)14-20(27)24-17-6-5-15-3-2-4-16(15)11-17/h5-6,9-11,18-19,28H,2-4,7-8,12-14H2,1H3,(H,24,27). The molecule has 2 aromatic rings. The van der Waals surface area contributed by atoms with Crippen molar-refractivity contribution in [2.24, 2.45) is 7.05 Å². The third kappa shape index (κ3) is 3.05. The number of amides is 1. The van der Waals surface area contributed by atoms with Crippen molar-refractivity contribution in [3.05, 3.63) is 47.5 Å². The number of carbonyl (C=O) groups is 1. The lowest BCUT2D eigenvalue weighted by atomic mass is 9.85. The summed E-state index contributed by atoms with van der Waals surface area (Å²) in [6.07, 6.45) is 10.4. The number of imidazole rings is 1. The molecule has 0 radical (unpaired) electrons. The normalized spacial score (nSPS) is 29.1. The van der Waals surface area contributed by atoms with E-state index in [0.717, 1.165) is 37.2 Å². The highest BCUT2D eigenvalue weighted by atomic mass is 16.3. The molecular formula is C22H28N4O2. The summed E-state index contributed by atoms with van der Waals surface area (Å²) in [5.74, 6) is 0.781. The minimum absolute atomic E-state index is 0.0391. The van der Waals surface area contributed by atoms with Gasteiger partial charge in [-0.15, -0.1) is 0 Å². The molecule has 5 rings (SSSR count). The smallest absolute Gasteiger partial charge is 0.238 e. The van der Waals surface area contributed by atoms with E-state index in [1.54, 1.807) is 6.20 Å². The number of hydrogen-bond acceptors (Lipinski definition) is 4. The fourth-order valence-electron chi connectivity index (χ4n) is 5.59. The molecule has 2 fully saturated rings. The number of rotatable bonds is 4. The third-order valence-electron chi connectivity index (χ3n) is 6.86. The molecule has 2 aliphatic heterocycles. The number of benzene rings is 1. The zero-order valence-electron chi connectivity index (χ0n) is 16.4. The second kappa shape index (κ2) is 6.71. The van der Waals surface area contributed by atoms with Crippen LogP contribution in [0.3, 0.4) is 0 Å². The third-order valence-corrected chi connectivity index (χ3v) is 6.86. The van der Waals surface area contributed by atoms with Crippen molar-refractivity contribution < 1.29 is 9.90 Å². The molecule has 0 saturated carbocycles. The molecule has 6 heteroatoms. The van der Waals surface area contributed by atoms with Gasteiger partial charge in [-0.25, -0.2) is 4.98 Å². The Morgan fingerprint density at radius 3 is 2.71 bits per heavy atom. The Morgan fingerprint density at radius 1 is 1.25 bits per heavy atom. The minimum Gasteiger partial charge on any atom is -0.382 e. The van der Waals surface area contributed by atoms with Crippen LogP contribution < -0.4 is 5.32 Å². The van der Waals surface area contributed by atoms with Crippen molar-refractivity contribution in [1.82, 2.24) is 14.5 Å². The van der Waals surface area contributed by atoms with Crippen molar-refractivity contribution in [1.29, 1.82) is 0 Å². The number of anilines is 1. The largest absolute Gasteiger partial charge is 0.382 e.